The third-order valence-electron chi connectivity index (χ3n) is 9.80. The lowest BCUT2D eigenvalue weighted by molar-refractivity contribution is -0.129. The Kier molecular flexibility index (Phi) is 7.28. The highest BCUT2D eigenvalue weighted by Gasteiger charge is 2.72. The number of nitrogens with two attached hydrogens (primary N) is 1. The largest absolute Gasteiger partial charge is 0.384 e. The number of aromatic nitrogens is 1. The standard InChI is InChI=1S/C29H36ClFN4O4S/c1-5-21(19-7-8-20(30)25(26(19)31)27(37)17-6-9-23(32)33-14-17)34-16(2)12-24(36)35-22-13-18-10-11-29(22,28(18,3)4)15-40(35,38)39/h6-9,14,16,18,21-22,34H,5,10-13,15H2,1-4H3,(H2,32,33)/t16?,18?,21-,22?,29?/m1/s1. The van der Waals surface area contributed by atoms with Gasteiger partial charge in [0.05, 0.1) is 22.4 Å². The topological polar surface area (TPSA) is 122 Å². The summed E-state index contributed by atoms with van der Waals surface area (Å²) in [5.41, 5.74) is 5.22. The second kappa shape index (κ2) is 10.1. The molecule has 40 heavy (non-hydrogen) atoms. The normalized spacial score (nSPS) is 27.4. The Morgan fingerprint density at radius 2 is 2.00 bits per heavy atom. The van der Waals surface area contributed by atoms with Crippen molar-refractivity contribution in [2.45, 2.75) is 77.9 Å². The number of hydrogen-bond donors (Lipinski definition) is 2. The maximum atomic E-state index is 15.8. The molecule has 2 aliphatic carbocycles. The number of fused-ring (bicyclic) bond motifs is 1. The molecule has 1 spiro atoms. The van der Waals surface area contributed by atoms with Crippen molar-refractivity contribution in [3.05, 3.63) is 58.0 Å². The van der Waals surface area contributed by atoms with Gasteiger partial charge in [0, 0.05) is 41.2 Å². The number of rotatable bonds is 8. The van der Waals surface area contributed by atoms with E-state index < -0.39 is 39.6 Å². The molecule has 1 amide bonds. The molecule has 2 saturated carbocycles. The van der Waals surface area contributed by atoms with Gasteiger partial charge in [-0.15, -0.1) is 0 Å². The number of carbonyl (C=O) groups is 2. The summed E-state index contributed by atoms with van der Waals surface area (Å²) in [6, 6.07) is 4.63. The van der Waals surface area contributed by atoms with Gasteiger partial charge in [-0.05, 0) is 62.1 Å². The zero-order valence-electron chi connectivity index (χ0n) is 23.2. The molecule has 1 aromatic carbocycles. The van der Waals surface area contributed by atoms with Gasteiger partial charge in [0.15, 0.2) is 5.78 Å². The van der Waals surface area contributed by atoms with Crippen LogP contribution in [0.1, 0.15) is 87.3 Å². The Hall–Kier alpha value is -2.56. The van der Waals surface area contributed by atoms with E-state index in [1.54, 1.807) is 6.92 Å². The van der Waals surface area contributed by atoms with E-state index in [-0.39, 0.29) is 56.6 Å². The number of sulfonamides is 1. The Balaban J connectivity index is 1.34. The van der Waals surface area contributed by atoms with Gasteiger partial charge in [0.2, 0.25) is 15.9 Å². The third kappa shape index (κ3) is 4.43. The van der Waals surface area contributed by atoms with Crippen LogP contribution in [0.5, 0.6) is 0 Å². The van der Waals surface area contributed by atoms with Crippen LogP contribution < -0.4 is 11.1 Å². The van der Waals surface area contributed by atoms with E-state index >= 15 is 4.39 Å². The van der Waals surface area contributed by atoms with Crippen LogP contribution in [0.15, 0.2) is 30.5 Å². The SMILES string of the molecule is CC[C@@H](NC(C)CC(=O)N1C2CC3CCC2(CS1(=O)=O)C3(C)C)c1ccc(Cl)c(C(=O)c2ccc(N)nc2)c1F. The number of carbonyl (C=O) groups excluding carboxylic acids is 2. The second-order valence-electron chi connectivity index (χ2n) is 12.2. The fourth-order valence-electron chi connectivity index (χ4n) is 7.53. The maximum Gasteiger partial charge on any atom is 0.238 e. The highest BCUT2D eigenvalue weighted by atomic mass is 35.5. The molecule has 3 aliphatic rings. The molecule has 1 aliphatic heterocycles. The zero-order chi connectivity index (χ0) is 29.2. The maximum absolute atomic E-state index is 15.8. The van der Waals surface area contributed by atoms with Gasteiger partial charge >= 0.3 is 0 Å². The number of benzene rings is 1. The number of pyridine rings is 1. The molecule has 3 fully saturated rings. The average molecular weight is 591 g/mol. The van der Waals surface area contributed by atoms with Gasteiger partial charge in [0.25, 0.3) is 0 Å². The summed E-state index contributed by atoms with van der Waals surface area (Å²) in [7, 11) is -3.72. The van der Waals surface area contributed by atoms with Crippen molar-refractivity contribution >= 4 is 39.1 Å². The molecule has 2 heterocycles. The molecule has 4 unspecified atom stereocenters. The molecular formula is C29H36ClFN4O4S. The summed E-state index contributed by atoms with van der Waals surface area (Å²) in [5, 5.41) is 3.26. The van der Waals surface area contributed by atoms with Crippen LogP contribution in [0.2, 0.25) is 5.02 Å². The molecule has 1 saturated heterocycles. The van der Waals surface area contributed by atoms with E-state index in [0.29, 0.717) is 18.8 Å². The molecule has 2 aromatic rings. The van der Waals surface area contributed by atoms with Gasteiger partial charge in [-0.3, -0.25) is 9.59 Å². The van der Waals surface area contributed by atoms with Crippen LogP contribution in [-0.4, -0.2) is 47.2 Å². The molecule has 0 radical (unpaired) electrons. The Morgan fingerprint density at radius 1 is 1.27 bits per heavy atom. The van der Waals surface area contributed by atoms with Crippen molar-refractivity contribution in [2.24, 2.45) is 16.7 Å². The van der Waals surface area contributed by atoms with Crippen LogP contribution in [-0.2, 0) is 14.8 Å². The molecule has 216 valence electrons. The first-order valence-corrected chi connectivity index (χ1v) is 15.8. The van der Waals surface area contributed by atoms with Gasteiger partial charge < -0.3 is 11.1 Å². The van der Waals surface area contributed by atoms with Crippen molar-refractivity contribution in [1.29, 1.82) is 0 Å². The van der Waals surface area contributed by atoms with Gasteiger partial charge in [-0.2, -0.15) is 0 Å². The molecule has 8 nitrogen and oxygen atoms in total. The third-order valence-corrected chi connectivity index (χ3v) is 12.1. The van der Waals surface area contributed by atoms with Crippen molar-refractivity contribution < 1.29 is 22.4 Å². The van der Waals surface area contributed by atoms with E-state index in [0.717, 1.165) is 12.8 Å². The molecule has 11 heteroatoms. The summed E-state index contributed by atoms with van der Waals surface area (Å²) >= 11 is 6.26. The van der Waals surface area contributed by atoms with Crippen LogP contribution in [0.25, 0.3) is 0 Å². The zero-order valence-corrected chi connectivity index (χ0v) is 24.8. The van der Waals surface area contributed by atoms with Crippen molar-refractivity contribution in [3.8, 4) is 0 Å². The quantitative estimate of drug-likeness (QED) is 0.420. The second-order valence-corrected chi connectivity index (χ2v) is 14.4. The average Bonchev–Trinajstić information content (AvgIpc) is 3.36. The lowest BCUT2D eigenvalue weighted by Gasteiger charge is -2.37. The highest BCUT2D eigenvalue weighted by Crippen LogP contribution is 2.70. The number of nitrogen functional groups attached to an aromatic ring is 1. The Morgan fingerprint density at radius 3 is 2.62 bits per heavy atom. The molecule has 1 aromatic heterocycles. The van der Waals surface area contributed by atoms with E-state index in [4.69, 9.17) is 17.3 Å². The van der Waals surface area contributed by atoms with E-state index in [9.17, 15) is 18.0 Å². The van der Waals surface area contributed by atoms with Crippen molar-refractivity contribution in [2.75, 3.05) is 11.5 Å². The number of nitrogens with one attached hydrogen (secondary N) is 1. The first-order valence-electron chi connectivity index (χ1n) is 13.8. The Bertz CT molecular complexity index is 1470. The number of halogens is 2. The minimum Gasteiger partial charge on any atom is -0.384 e. The van der Waals surface area contributed by atoms with Crippen molar-refractivity contribution in [1.82, 2.24) is 14.6 Å². The highest BCUT2D eigenvalue weighted by molar-refractivity contribution is 7.90. The summed E-state index contributed by atoms with van der Waals surface area (Å²) in [6.45, 7) is 7.93. The van der Waals surface area contributed by atoms with Gasteiger partial charge in [-0.25, -0.2) is 22.1 Å². The van der Waals surface area contributed by atoms with Gasteiger partial charge in [-0.1, -0.05) is 38.4 Å². The molecular weight excluding hydrogens is 555 g/mol. The first-order chi connectivity index (χ1) is 18.7. The first kappa shape index (κ1) is 29.0. The lowest BCUT2D eigenvalue weighted by atomic mass is 9.69. The smallest absolute Gasteiger partial charge is 0.238 e. The number of ketones is 1. The van der Waals surface area contributed by atoms with E-state index in [1.807, 2.05) is 6.92 Å². The fourth-order valence-corrected chi connectivity index (χ4v) is 10.3. The number of anilines is 1. The molecule has 5 atom stereocenters. The molecule has 2 bridgehead atoms. The monoisotopic (exact) mass is 590 g/mol. The minimum absolute atomic E-state index is 0.0234. The summed E-state index contributed by atoms with van der Waals surface area (Å²) in [6.07, 6.45) is 4.23. The van der Waals surface area contributed by atoms with Crippen LogP contribution in [0.3, 0.4) is 0 Å². The number of nitrogens with zero attached hydrogens (tertiary/aromatic N) is 2. The fraction of sp³-hybridized carbons (Fsp3) is 0.552. The Labute approximate surface area is 239 Å². The summed E-state index contributed by atoms with van der Waals surface area (Å²) in [4.78, 5) is 30.5. The molecule has 5 rings (SSSR count). The molecule has 3 N–H and O–H groups in total. The predicted octanol–water partition coefficient (Wildman–Crippen LogP) is 4.87. The van der Waals surface area contributed by atoms with Crippen LogP contribution in [0.4, 0.5) is 10.2 Å². The van der Waals surface area contributed by atoms with Crippen molar-refractivity contribution in [3.63, 3.8) is 0 Å². The summed E-state index contributed by atoms with van der Waals surface area (Å²) in [5.74, 6) is -1.12. The van der Waals surface area contributed by atoms with Crippen LogP contribution >= 0.6 is 11.6 Å². The number of hydrogen-bond acceptors (Lipinski definition) is 7. The predicted molar refractivity (Wildman–Crippen MR) is 152 cm³/mol. The summed E-state index contributed by atoms with van der Waals surface area (Å²) < 4.78 is 43.5. The van der Waals surface area contributed by atoms with E-state index in [2.05, 4.69) is 24.1 Å². The number of amides is 1. The van der Waals surface area contributed by atoms with Crippen LogP contribution in [0, 0.1) is 22.6 Å². The van der Waals surface area contributed by atoms with Gasteiger partial charge in [0.1, 0.15) is 11.6 Å². The lowest BCUT2D eigenvalue weighted by Crippen LogP contribution is -2.46. The minimum atomic E-state index is -3.72. The van der Waals surface area contributed by atoms with E-state index in [1.165, 1.54) is 34.8 Å².